The summed E-state index contributed by atoms with van der Waals surface area (Å²) in [5.41, 5.74) is 0.661. The van der Waals surface area contributed by atoms with Crippen LogP contribution in [-0.2, 0) is 9.05 Å². The van der Waals surface area contributed by atoms with Crippen LogP contribution < -0.4 is 0 Å². The summed E-state index contributed by atoms with van der Waals surface area (Å²) in [5, 5.41) is 10.3. The van der Waals surface area contributed by atoms with Crippen molar-refractivity contribution in [2.45, 2.75) is 11.8 Å². The number of fused-ring (bicyclic) bond motifs is 1. The number of aryl methyl sites for hydroxylation is 1. The standard InChI is InChI=1S/C12H9ClO4S/c1-7-10(12(14)15)5-3-8-2-4-9(6-11(7)8)18(13,16)17/h2-6H,1H3,(H,14,15). The Bertz CT molecular complexity index is 750. The molecule has 2 aromatic carbocycles. The van der Waals surface area contributed by atoms with Crippen LogP contribution in [0.1, 0.15) is 15.9 Å². The molecule has 0 heterocycles. The van der Waals surface area contributed by atoms with Crippen molar-refractivity contribution in [3.8, 4) is 0 Å². The van der Waals surface area contributed by atoms with Gasteiger partial charge in [0.15, 0.2) is 0 Å². The molecular weight excluding hydrogens is 276 g/mol. The fraction of sp³-hybridized carbons (Fsp3) is 0.0833. The van der Waals surface area contributed by atoms with Crippen LogP contribution in [0.3, 0.4) is 0 Å². The van der Waals surface area contributed by atoms with Crippen molar-refractivity contribution in [2.75, 3.05) is 0 Å². The Labute approximate surface area is 108 Å². The van der Waals surface area contributed by atoms with E-state index < -0.39 is 15.0 Å². The van der Waals surface area contributed by atoms with Gasteiger partial charge in [0.05, 0.1) is 10.5 Å². The number of benzene rings is 2. The molecule has 94 valence electrons. The monoisotopic (exact) mass is 284 g/mol. The molecule has 4 nitrogen and oxygen atoms in total. The molecule has 1 N–H and O–H groups in total. The first-order chi connectivity index (χ1) is 8.30. The van der Waals surface area contributed by atoms with Gasteiger partial charge in [-0.25, -0.2) is 13.2 Å². The number of hydrogen-bond donors (Lipinski definition) is 1. The number of carboxylic acids is 1. The van der Waals surface area contributed by atoms with E-state index in [0.29, 0.717) is 10.9 Å². The summed E-state index contributed by atoms with van der Waals surface area (Å²) in [6, 6.07) is 7.51. The maximum atomic E-state index is 11.3. The lowest BCUT2D eigenvalue weighted by molar-refractivity contribution is 0.0696. The largest absolute Gasteiger partial charge is 0.478 e. The Hall–Kier alpha value is -1.59. The molecule has 6 heteroatoms. The molecule has 0 atom stereocenters. The molecule has 0 aliphatic rings. The highest BCUT2D eigenvalue weighted by Crippen LogP contribution is 2.26. The zero-order chi connectivity index (χ0) is 13.5. The van der Waals surface area contributed by atoms with Gasteiger partial charge < -0.3 is 5.11 Å². The fourth-order valence-corrected chi connectivity index (χ4v) is 2.61. The summed E-state index contributed by atoms with van der Waals surface area (Å²) < 4.78 is 22.5. The van der Waals surface area contributed by atoms with Crippen molar-refractivity contribution in [1.29, 1.82) is 0 Å². The van der Waals surface area contributed by atoms with Crippen LogP contribution in [0.4, 0.5) is 0 Å². The average Bonchev–Trinajstić information content (AvgIpc) is 2.27. The first-order valence-electron chi connectivity index (χ1n) is 5.02. The maximum Gasteiger partial charge on any atom is 0.335 e. The van der Waals surface area contributed by atoms with Gasteiger partial charge in [0.1, 0.15) is 0 Å². The number of halogens is 1. The number of hydrogen-bond acceptors (Lipinski definition) is 3. The maximum absolute atomic E-state index is 11.3. The molecule has 0 spiro atoms. The third-order valence-electron chi connectivity index (χ3n) is 2.77. The Morgan fingerprint density at radius 1 is 1.22 bits per heavy atom. The van der Waals surface area contributed by atoms with E-state index in [1.165, 1.54) is 18.2 Å². The van der Waals surface area contributed by atoms with Gasteiger partial charge in [-0.3, -0.25) is 0 Å². The summed E-state index contributed by atoms with van der Waals surface area (Å²) in [7, 11) is 1.45. The number of carboxylic acid groups (broad SMARTS) is 1. The van der Waals surface area contributed by atoms with Gasteiger partial charge in [0.25, 0.3) is 9.05 Å². The highest BCUT2D eigenvalue weighted by atomic mass is 35.7. The summed E-state index contributed by atoms with van der Waals surface area (Å²) in [6.07, 6.45) is 0. The lowest BCUT2D eigenvalue weighted by atomic mass is 10.0. The second kappa shape index (κ2) is 4.26. The highest BCUT2D eigenvalue weighted by molar-refractivity contribution is 8.13. The zero-order valence-electron chi connectivity index (χ0n) is 9.34. The first kappa shape index (κ1) is 12.9. The molecule has 2 rings (SSSR count). The van der Waals surface area contributed by atoms with Crippen molar-refractivity contribution < 1.29 is 18.3 Å². The third kappa shape index (κ3) is 2.19. The summed E-state index contributed by atoms with van der Waals surface area (Å²) in [6.45, 7) is 1.64. The molecule has 0 bridgehead atoms. The lowest BCUT2D eigenvalue weighted by Crippen LogP contribution is -2.00. The number of rotatable bonds is 2. The van der Waals surface area contributed by atoms with Gasteiger partial charge >= 0.3 is 5.97 Å². The molecule has 0 radical (unpaired) electrons. The molecule has 2 aromatic rings. The molecule has 0 fully saturated rings. The van der Waals surface area contributed by atoms with Crippen LogP contribution in [0, 0.1) is 6.92 Å². The molecule has 18 heavy (non-hydrogen) atoms. The van der Waals surface area contributed by atoms with Crippen LogP contribution in [0.25, 0.3) is 10.8 Å². The van der Waals surface area contributed by atoms with Crippen molar-refractivity contribution in [2.24, 2.45) is 0 Å². The van der Waals surface area contributed by atoms with Crippen molar-refractivity contribution >= 4 is 36.5 Å². The minimum Gasteiger partial charge on any atom is -0.478 e. The van der Waals surface area contributed by atoms with E-state index in [1.54, 1.807) is 19.1 Å². The van der Waals surface area contributed by atoms with E-state index in [-0.39, 0.29) is 10.5 Å². The van der Waals surface area contributed by atoms with Crippen LogP contribution >= 0.6 is 10.7 Å². The molecule has 0 unspecified atom stereocenters. The van der Waals surface area contributed by atoms with Crippen LogP contribution in [0.2, 0.25) is 0 Å². The second-order valence-electron chi connectivity index (χ2n) is 3.86. The summed E-state index contributed by atoms with van der Waals surface area (Å²) >= 11 is 0. The Balaban J connectivity index is 2.83. The minimum atomic E-state index is -3.82. The molecule has 0 saturated heterocycles. The van der Waals surface area contributed by atoms with Crippen LogP contribution in [0.5, 0.6) is 0 Å². The van der Waals surface area contributed by atoms with E-state index in [9.17, 15) is 13.2 Å². The zero-order valence-corrected chi connectivity index (χ0v) is 10.9. The first-order valence-corrected chi connectivity index (χ1v) is 7.33. The normalized spacial score (nSPS) is 11.7. The van der Waals surface area contributed by atoms with Crippen LogP contribution in [-0.4, -0.2) is 19.5 Å². The van der Waals surface area contributed by atoms with Crippen molar-refractivity contribution in [3.05, 3.63) is 41.5 Å². The van der Waals surface area contributed by atoms with Gasteiger partial charge in [-0.05, 0) is 41.5 Å². The molecule has 0 aromatic heterocycles. The van der Waals surface area contributed by atoms with Crippen molar-refractivity contribution in [1.82, 2.24) is 0 Å². The van der Waals surface area contributed by atoms with Crippen LogP contribution in [0.15, 0.2) is 35.2 Å². The van der Waals surface area contributed by atoms with E-state index in [2.05, 4.69) is 0 Å². The lowest BCUT2D eigenvalue weighted by Gasteiger charge is -2.07. The van der Waals surface area contributed by atoms with E-state index in [0.717, 1.165) is 5.39 Å². The molecule has 0 amide bonds. The number of aromatic carboxylic acids is 1. The molecular formula is C12H9ClO4S. The second-order valence-corrected chi connectivity index (χ2v) is 6.43. The van der Waals surface area contributed by atoms with E-state index >= 15 is 0 Å². The van der Waals surface area contributed by atoms with E-state index in [1.807, 2.05) is 0 Å². The topological polar surface area (TPSA) is 71.4 Å². The van der Waals surface area contributed by atoms with Gasteiger partial charge in [-0.1, -0.05) is 12.1 Å². The average molecular weight is 285 g/mol. The highest BCUT2D eigenvalue weighted by Gasteiger charge is 2.14. The van der Waals surface area contributed by atoms with Gasteiger partial charge in [-0.2, -0.15) is 0 Å². The van der Waals surface area contributed by atoms with Gasteiger partial charge in [0, 0.05) is 10.7 Å². The molecule has 0 saturated carbocycles. The quantitative estimate of drug-likeness (QED) is 0.861. The van der Waals surface area contributed by atoms with Gasteiger partial charge in [0.2, 0.25) is 0 Å². The predicted octanol–water partition coefficient (Wildman–Crippen LogP) is 2.77. The minimum absolute atomic E-state index is 0.0395. The summed E-state index contributed by atoms with van der Waals surface area (Å²) in [5.74, 6) is -1.05. The fourth-order valence-electron chi connectivity index (χ4n) is 1.83. The van der Waals surface area contributed by atoms with Gasteiger partial charge in [-0.15, -0.1) is 0 Å². The molecule has 0 aliphatic carbocycles. The number of carbonyl (C=O) groups is 1. The van der Waals surface area contributed by atoms with E-state index in [4.69, 9.17) is 15.8 Å². The Kier molecular flexibility index (Phi) is 3.04. The molecule has 0 aliphatic heterocycles. The Morgan fingerprint density at radius 3 is 2.39 bits per heavy atom. The third-order valence-corrected chi connectivity index (χ3v) is 4.13. The SMILES string of the molecule is Cc1c(C(=O)O)ccc2ccc(S(=O)(=O)Cl)cc12. The smallest absolute Gasteiger partial charge is 0.335 e. The Morgan fingerprint density at radius 2 is 1.83 bits per heavy atom. The van der Waals surface area contributed by atoms with Crippen molar-refractivity contribution in [3.63, 3.8) is 0 Å². The summed E-state index contributed by atoms with van der Waals surface area (Å²) in [4.78, 5) is 11.0. The predicted molar refractivity (Wildman–Crippen MR) is 68.7 cm³/mol.